The first-order valence-electron chi connectivity index (χ1n) is 8.73. The molecule has 0 aliphatic rings. The van der Waals surface area contributed by atoms with Crippen molar-refractivity contribution in [2.45, 2.75) is 32.6 Å². The van der Waals surface area contributed by atoms with Crippen LogP contribution in [0.2, 0.25) is 0 Å². The summed E-state index contributed by atoms with van der Waals surface area (Å²) in [6.45, 7) is 3.62. The quantitative estimate of drug-likeness (QED) is 0.690. The number of amides is 3. The summed E-state index contributed by atoms with van der Waals surface area (Å²) in [7, 11) is 0. The minimum Gasteiger partial charge on any atom is -0.350 e. The normalized spacial score (nSPS) is 12.4. The molecule has 5 nitrogen and oxygen atoms in total. The summed E-state index contributed by atoms with van der Waals surface area (Å²) in [5, 5.41) is 7.90. The maximum Gasteiger partial charge on any atom is 0.416 e. The van der Waals surface area contributed by atoms with Crippen molar-refractivity contribution < 1.29 is 22.8 Å². The van der Waals surface area contributed by atoms with Gasteiger partial charge < -0.3 is 16.0 Å². The van der Waals surface area contributed by atoms with Gasteiger partial charge in [0.05, 0.1) is 5.56 Å². The molecule has 0 aliphatic carbocycles. The van der Waals surface area contributed by atoms with Crippen molar-refractivity contribution in [1.82, 2.24) is 10.6 Å². The second-order valence-corrected chi connectivity index (χ2v) is 6.60. The summed E-state index contributed by atoms with van der Waals surface area (Å²) in [6.07, 6.45) is -4.40. The molecule has 0 radical (unpaired) electrons. The highest BCUT2D eigenvalue weighted by Gasteiger charge is 2.30. The third kappa shape index (κ3) is 6.29. The molecule has 3 amide bonds. The first-order valence-corrected chi connectivity index (χ1v) is 8.73. The lowest BCUT2D eigenvalue weighted by Crippen LogP contribution is -2.50. The van der Waals surface area contributed by atoms with Gasteiger partial charge in [0.15, 0.2) is 0 Å². The van der Waals surface area contributed by atoms with Gasteiger partial charge in [-0.2, -0.15) is 13.2 Å². The lowest BCUT2D eigenvalue weighted by Gasteiger charge is -2.22. The number of rotatable bonds is 6. The van der Waals surface area contributed by atoms with E-state index in [0.29, 0.717) is 11.3 Å². The number of benzene rings is 2. The van der Waals surface area contributed by atoms with Crippen molar-refractivity contribution >= 4 is 17.6 Å². The molecule has 2 aromatic carbocycles. The van der Waals surface area contributed by atoms with Gasteiger partial charge in [-0.25, -0.2) is 4.79 Å². The highest BCUT2D eigenvalue weighted by atomic mass is 19.4. The molecule has 8 heteroatoms. The van der Waals surface area contributed by atoms with Crippen molar-refractivity contribution in [3.05, 3.63) is 65.7 Å². The number of anilines is 1. The van der Waals surface area contributed by atoms with E-state index in [-0.39, 0.29) is 12.5 Å². The van der Waals surface area contributed by atoms with Crippen LogP contribution in [0.5, 0.6) is 0 Å². The van der Waals surface area contributed by atoms with Crippen molar-refractivity contribution in [3.63, 3.8) is 0 Å². The van der Waals surface area contributed by atoms with Crippen LogP contribution < -0.4 is 16.0 Å². The summed E-state index contributed by atoms with van der Waals surface area (Å²) in [6, 6.07) is 12.0. The van der Waals surface area contributed by atoms with Crippen LogP contribution in [0, 0.1) is 5.92 Å². The number of urea groups is 1. The average Bonchev–Trinajstić information content (AvgIpc) is 2.64. The second-order valence-electron chi connectivity index (χ2n) is 6.60. The molecule has 0 aliphatic heterocycles. The maximum absolute atomic E-state index is 12.6. The van der Waals surface area contributed by atoms with E-state index in [0.717, 1.165) is 12.1 Å². The van der Waals surface area contributed by atoms with Gasteiger partial charge in [0.1, 0.15) is 6.04 Å². The van der Waals surface area contributed by atoms with Gasteiger partial charge in [0.25, 0.3) is 0 Å². The summed E-state index contributed by atoms with van der Waals surface area (Å²) in [4.78, 5) is 24.6. The Bertz CT molecular complexity index is 791. The molecular weight excluding hydrogens is 371 g/mol. The first-order chi connectivity index (χ1) is 13.2. The third-order valence-electron chi connectivity index (χ3n) is 4.02. The smallest absolute Gasteiger partial charge is 0.350 e. The minimum absolute atomic E-state index is 0.0577. The molecule has 1 atom stereocenters. The Kier molecular flexibility index (Phi) is 7.03. The van der Waals surface area contributed by atoms with Gasteiger partial charge in [-0.15, -0.1) is 0 Å². The minimum atomic E-state index is -4.40. The molecule has 2 rings (SSSR count). The third-order valence-corrected chi connectivity index (χ3v) is 4.02. The Hall–Kier alpha value is -3.03. The van der Waals surface area contributed by atoms with Crippen LogP contribution >= 0.6 is 0 Å². The van der Waals surface area contributed by atoms with E-state index in [4.69, 9.17) is 0 Å². The number of nitrogens with one attached hydrogen (secondary N) is 3. The predicted molar refractivity (Wildman–Crippen MR) is 101 cm³/mol. The molecule has 0 spiro atoms. The fourth-order valence-corrected chi connectivity index (χ4v) is 2.48. The molecule has 3 N–H and O–H groups in total. The van der Waals surface area contributed by atoms with Crippen LogP contribution in [0.1, 0.15) is 25.0 Å². The van der Waals surface area contributed by atoms with Crippen LogP contribution in [0.3, 0.4) is 0 Å². The molecule has 0 bridgehead atoms. The number of carbonyl (C=O) groups is 2. The Morgan fingerprint density at radius 2 is 1.57 bits per heavy atom. The maximum atomic E-state index is 12.6. The zero-order chi connectivity index (χ0) is 20.7. The molecule has 28 heavy (non-hydrogen) atoms. The fraction of sp³-hybridized carbons (Fsp3) is 0.300. The molecule has 2 aromatic rings. The number of hydrogen-bond acceptors (Lipinski definition) is 2. The van der Waals surface area contributed by atoms with E-state index in [1.165, 1.54) is 12.1 Å². The zero-order valence-electron chi connectivity index (χ0n) is 15.5. The number of para-hydroxylation sites is 1. The van der Waals surface area contributed by atoms with Crippen molar-refractivity contribution in [2.75, 3.05) is 5.32 Å². The van der Waals surface area contributed by atoms with Crippen molar-refractivity contribution in [2.24, 2.45) is 5.92 Å². The Balaban J connectivity index is 1.92. The molecular formula is C20H22F3N3O2. The highest BCUT2D eigenvalue weighted by Crippen LogP contribution is 2.29. The summed E-state index contributed by atoms with van der Waals surface area (Å²) in [5.74, 6) is -0.604. The van der Waals surface area contributed by atoms with Crippen LogP contribution in [-0.2, 0) is 17.5 Å². The van der Waals surface area contributed by atoms with Crippen molar-refractivity contribution in [3.8, 4) is 0 Å². The Morgan fingerprint density at radius 1 is 0.964 bits per heavy atom. The molecule has 1 unspecified atom stereocenters. The van der Waals surface area contributed by atoms with Crippen LogP contribution in [0.15, 0.2) is 54.6 Å². The summed E-state index contributed by atoms with van der Waals surface area (Å²) in [5.41, 5.74) is 0.368. The monoisotopic (exact) mass is 393 g/mol. The van der Waals surface area contributed by atoms with Crippen LogP contribution in [-0.4, -0.2) is 18.0 Å². The summed E-state index contributed by atoms with van der Waals surface area (Å²) < 4.78 is 37.8. The lowest BCUT2D eigenvalue weighted by molar-refractivity contribution is -0.137. The Labute approximate surface area is 161 Å². The van der Waals surface area contributed by atoms with E-state index < -0.39 is 29.7 Å². The molecule has 0 saturated heterocycles. The van der Waals surface area contributed by atoms with E-state index in [2.05, 4.69) is 16.0 Å². The topological polar surface area (TPSA) is 70.2 Å². The van der Waals surface area contributed by atoms with Gasteiger partial charge in [0, 0.05) is 12.2 Å². The largest absolute Gasteiger partial charge is 0.416 e. The number of hydrogen-bond donors (Lipinski definition) is 3. The fourth-order valence-electron chi connectivity index (χ4n) is 2.48. The van der Waals surface area contributed by atoms with E-state index in [1.807, 2.05) is 6.07 Å². The molecule has 0 saturated carbocycles. The zero-order valence-corrected chi connectivity index (χ0v) is 15.5. The van der Waals surface area contributed by atoms with E-state index in [1.54, 1.807) is 38.1 Å². The van der Waals surface area contributed by atoms with Gasteiger partial charge >= 0.3 is 12.2 Å². The molecule has 150 valence electrons. The summed E-state index contributed by atoms with van der Waals surface area (Å²) >= 11 is 0. The molecule has 0 aromatic heterocycles. The van der Waals surface area contributed by atoms with E-state index >= 15 is 0 Å². The van der Waals surface area contributed by atoms with Gasteiger partial charge in [0.2, 0.25) is 5.91 Å². The van der Waals surface area contributed by atoms with Gasteiger partial charge in [-0.05, 0) is 35.7 Å². The lowest BCUT2D eigenvalue weighted by atomic mass is 10.0. The molecule has 0 fully saturated rings. The first kappa shape index (κ1) is 21.3. The average molecular weight is 393 g/mol. The van der Waals surface area contributed by atoms with E-state index in [9.17, 15) is 22.8 Å². The molecule has 0 heterocycles. The number of alkyl halides is 3. The number of halogens is 3. The predicted octanol–water partition coefficient (Wildman–Crippen LogP) is 4.17. The van der Waals surface area contributed by atoms with Gasteiger partial charge in [-0.1, -0.05) is 44.2 Å². The highest BCUT2D eigenvalue weighted by molar-refractivity contribution is 5.93. The number of carbonyl (C=O) groups excluding carboxylic acids is 2. The Morgan fingerprint density at radius 3 is 2.11 bits per heavy atom. The van der Waals surface area contributed by atoms with Crippen molar-refractivity contribution in [1.29, 1.82) is 0 Å². The van der Waals surface area contributed by atoms with Crippen LogP contribution in [0.25, 0.3) is 0 Å². The van der Waals surface area contributed by atoms with Gasteiger partial charge in [-0.3, -0.25) is 4.79 Å². The second kappa shape index (κ2) is 9.25. The van der Waals surface area contributed by atoms with Crippen LogP contribution in [0.4, 0.5) is 23.7 Å². The SMILES string of the molecule is CC(C)C(NC(=O)Nc1ccccc1)C(=O)NCc1ccc(C(F)(F)F)cc1. The standard InChI is InChI=1S/C20H22F3N3O2/c1-13(2)17(26-19(28)25-16-6-4-3-5-7-16)18(27)24-12-14-8-10-15(11-9-14)20(21,22)23/h3-11,13,17H,12H2,1-2H3,(H,24,27)(H2,25,26,28).